The van der Waals surface area contributed by atoms with Gasteiger partial charge in [-0.15, -0.1) is 11.6 Å². The second-order valence-corrected chi connectivity index (χ2v) is 5.55. The fourth-order valence-electron chi connectivity index (χ4n) is 1.97. The number of halogens is 1. The van der Waals surface area contributed by atoms with Gasteiger partial charge in [0.25, 0.3) is 0 Å². The van der Waals surface area contributed by atoms with Gasteiger partial charge in [-0.3, -0.25) is 4.68 Å². The summed E-state index contributed by atoms with van der Waals surface area (Å²) in [5, 5.41) is 4.51. The Bertz CT molecular complexity index is 359. The fourth-order valence-corrected chi connectivity index (χ4v) is 2.29. The predicted octanol–water partition coefficient (Wildman–Crippen LogP) is 3.47. The molecule has 1 aromatic heterocycles. The molecule has 0 aliphatic heterocycles. The van der Waals surface area contributed by atoms with Crippen LogP contribution in [0.3, 0.4) is 0 Å². The quantitative estimate of drug-likeness (QED) is 0.577. The predicted molar refractivity (Wildman–Crippen MR) is 71.6 cm³/mol. The van der Waals surface area contributed by atoms with Crippen LogP contribution < -0.4 is 0 Å². The van der Waals surface area contributed by atoms with Gasteiger partial charge in [-0.05, 0) is 26.7 Å². The van der Waals surface area contributed by atoms with Crippen molar-refractivity contribution < 1.29 is 4.74 Å². The summed E-state index contributed by atoms with van der Waals surface area (Å²) in [4.78, 5) is 0. The van der Waals surface area contributed by atoms with E-state index in [0.717, 1.165) is 30.1 Å². The number of ether oxygens (including phenoxy) is 1. The fraction of sp³-hybridized carbons (Fsp3) is 0.769. The maximum Gasteiger partial charge on any atom is 0.0662 e. The van der Waals surface area contributed by atoms with Gasteiger partial charge in [0.1, 0.15) is 0 Å². The molecule has 0 aliphatic carbocycles. The third-order valence-electron chi connectivity index (χ3n) is 2.73. The molecule has 98 valence electrons. The molecule has 4 heteroatoms. The smallest absolute Gasteiger partial charge is 0.0662 e. The summed E-state index contributed by atoms with van der Waals surface area (Å²) in [7, 11) is 0. The first kappa shape index (κ1) is 14.5. The second kappa shape index (κ2) is 6.41. The molecule has 1 atom stereocenters. The normalized spacial score (nSPS) is 13.4. The Hall–Kier alpha value is -0.540. The number of aryl methyl sites for hydroxylation is 1. The van der Waals surface area contributed by atoms with E-state index in [0.29, 0.717) is 12.5 Å². The van der Waals surface area contributed by atoms with Crippen LogP contribution in [0, 0.1) is 19.8 Å². The minimum atomic E-state index is 0.0142. The first-order valence-electron chi connectivity index (χ1n) is 6.19. The molecule has 1 unspecified atom stereocenters. The molecule has 1 heterocycles. The van der Waals surface area contributed by atoms with Crippen LogP contribution in [0.15, 0.2) is 0 Å². The van der Waals surface area contributed by atoms with Crippen molar-refractivity contribution in [2.45, 2.75) is 46.5 Å². The second-order valence-electron chi connectivity index (χ2n) is 4.89. The van der Waals surface area contributed by atoms with Crippen molar-refractivity contribution in [3.63, 3.8) is 0 Å². The van der Waals surface area contributed by atoms with Gasteiger partial charge < -0.3 is 4.74 Å². The molecule has 0 fully saturated rings. The van der Waals surface area contributed by atoms with Gasteiger partial charge >= 0.3 is 0 Å². The Morgan fingerprint density at radius 1 is 1.29 bits per heavy atom. The number of rotatable bonds is 6. The lowest BCUT2D eigenvalue weighted by Gasteiger charge is -2.09. The van der Waals surface area contributed by atoms with Crippen molar-refractivity contribution in [3.8, 4) is 0 Å². The van der Waals surface area contributed by atoms with Crippen molar-refractivity contribution in [3.05, 3.63) is 17.0 Å². The highest BCUT2D eigenvalue weighted by molar-refractivity contribution is 6.20. The number of aromatic nitrogens is 2. The van der Waals surface area contributed by atoms with Gasteiger partial charge in [0, 0.05) is 17.9 Å². The molecule has 0 aliphatic rings. The Balaban J connectivity index is 2.57. The van der Waals surface area contributed by atoms with Crippen molar-refractivity contribution in [1.29, 1.82) is 0 Å². The summed E-state index contributed by atoms with van der Waals surface area (Å²) < 4.78 is 7.56. The van der Waals surface area contributed by atoms with Crippen LogP contribution in [0.2, 0.25) is 0 Å². The minimum Gasteiger partial charge on any atom is -0.379 e. The summed E-state index contributed by atoms with van der Waals surface area (Å²) in [5.41, 5.74) is 3.32. The van der Waals surface area contributed by atoms with Crippen LogP contribution in [-0.4, -0.2) is 23.0 Å². The van der Waals surface area contributed by atoms with Crippen LogP contribution in [0.4, 0.5) is 0 Å². The third kappa shape index (κ3) is 4.00. The van der Waals surface area contributed by atoms with Gasteiger partial charge in [-0.1, -0.05) is 13.8 Å². The molecule has 0 saturated heterocycles. The molecule has 3 nitrogen and oxygen atoms in total. The monoisotopic (exact) mass is 258 g/mol. The molecule has 0 saturated carbocycles. The zero-order valence-corrected chi connectivity index (χ0v) is 12.2. The van der Waals surface area contributed by atoms with Crippen molar-refractivity contribution in [2.24, 2.45) is 5.92 Å². The van der Waals surface area contributed by atoms with E-state index in [2.05, 4.69) is 25.9 Å². The Morgan fingerprint density at radius 3 is 2.41 bits per heavy atom. The average molecular weight is 259 g/mol. The first-order valence-corrected chi connectivity index (χ1v) is 6.62. The summed E-state index contributed by atoms with van der Waals surface area (Å²) in [5.74, 6) is 0.578. The van der Waals surface area contributed by atoms with E-state index in [1.165, 1.54) is 0 Å². The van der Waals surface area contributed by atoms with E-state index >= 15 is 0 Å². The van der Waals surface area contributed by atoms with E-state index in [4.69, 9.17) is 16.3 Å². The summed E-state index contributed by atoms with van der Waals surface area (Å²) in [6, 6.07) is 0. The lowest BCUT2D eigenvalue weighted by atomic mass is 10.1. The molecule has 0 bridgehead atoms. The van der Waals surface area contributed by atoms with E-state index < -0.39 is 0 Å². The van der Waals surface area contributed by atoms with E-state index in [1.807, 2.05) is 18.5 Å². The molecule has 0 aromatic carbocycles. The maximum absolute atomic E-state index is 6.15. The Morgan fingerprint density at radius 2 is 1.94 bits per heavy atom. The topological polar surface area (TPSA) is 27.1 Å². The number of hydrogen-bond acceptors (Lipinski definition) is 2. The van der Waals surface area contributed by atoms with Crippen molar-refractivity contribution in [2.75, 3.05) is 13.2 Å². The molecule has 0 spiro atoms. The van der Waals surface area contributed by atoms with Gasteiger partial charge in [0.15, 0.2) is 0 Å². The summed E-state index contributed by atoms with van der Waals surface area (Å²) in [6.07, 6.45) is 0. The molecular weight excluding hydrogens is 236 g/mol. The molecule has 1 aromatic rings. The number of nitrogens with zero attached hydrogens (tertiary/aromatic N) is 2. The highest BCUT2D eigenvalue weighted by Gasteiger charge is 2.15. The standard InChI is InChI=1S/C13H23ClN2O/c1-9(2)8-17-7-6-16-12(5)13(10(3)14)11(4)15-16/h9-10H,6-8H2,1-5H3. The lowest BCUT2D eigenvalue weighted by Crippen LogP contribution is -2.11. The molecule has 17 heavy (non-hydrogen) atoms. The first-order chi connectivity index (χ1) is 7.93. The Kier molecular flexibility index (Phi) is 5.47. The van der Waals surface area contributed by atoms with E-state index in [-0.39, 0.29) is 5.38 Å². The lowest BCUT2D eigenvalue weighted by molar-refractivity contribution is 0.100. The average Bonchev–Trinajstić information content (AvgIpc) is 2.48. The molecule has 0 N–H and O–H groups in total. The number of alkyl halides is 1. The summed E-state index contributed by atoms with van der Waals surface area (Å²) in [6.45, 7) is 12.7. The molecular formula is C13H23ClN2O. The maximum atomic E-state index is 6.15. The van der Waals surface area contributed by atoms with Gasteiger partial charge in [-0.25, -0.2) is 0 Å². The Labute approximate surface area is 109 Å². The minimum absolute atomic E-state index is 0.0142. The van der Waals surface area contributed by atoms with Crippen LogP contribution in [0.5, 0.6) is 0 Å². The van der Waals surface area contributed by atoms with E-state index in [1.54, 1.807) is 0 Å². The molecule has 0 radical (unpaired) electrons. The highest BCUT2D eigenvalue weighted by atomic mass is 35.5. The van der Waals surface area contributed by atoms with E-state index in [9.17, 15) is 0 Å². The molecule has 1 rings (SSSR count). The summed E-state index contributed by atoms with van der Waals surface area (Å²) >= 11 is 6.15. The number of hydrogen-bond donors (Lipinski definition) is 0. The largest absolute Gasteiger partial charge is 0.379 e. The zero-order valence-electron chi connectivity index (χ0n) is 11.5. The SMILES string of the molecule is Cc1nn(CCOCC(C)C)c(C)c1C(C)Cl. The van der Waals surface area contributed by atoms with Crippen molar-refractivity contribution in [1.82, 2.24) is 9.78 Å². The van der Waals surface area contributed by atoms with Gasteiger partial charge in [-0.2, -0.15) is 5.10 Å². The molecule has 0 amide bonds. The van der Waals surface area contributed by atoms with Gasteiger partial charge in [0.2, 0.25) is 0 Å². The third-order valence-corrected chi connectivity index (χ3v) is 2.95. The van der Waals surface area contributed by atoms with Crippen LogP contribution in [-0.2, 0) is 11.3 Å². The highest BCUT2D eigenvalue weighted by Crippen LogP contribution is 2.25. The van der Waals surface area contributed by atoms with Crippen molar-refractivity contribution >= 4 is 11.6 Å². The van der Waals surface area contributed by atoms with Crippen LogP contribution >= 0.6 is 11.6 Å². The van der Waals surface area contributed by atoms with Crippen LogP contribution in [0.1, 0.15) is 43.1 Å². The van der Waals surface area contributed by atoms with Gasteiger partial charge in [0.05, 0.1) is 24.2 Å². The van der Waals surface area contributed by atoms with Crippen LogP contribution in [0.25, 0.3) is 0 Å². The zero-order chi connectivity index (χ0) is 13.0.